The van der Waals surface area contributed by atoms with Crippen molar-refractivity contribution in [2.45, 2.75) is 6.92 Å². The van der Waals surface area contributed by atoms with Gasteiger partial charge in [0.1, 0.15) is 9.17 Å². The van der Waals surface area contributed by atoms with Crippen LogP contribution in [0, 0.1) is 0 Å². The first-order valence-corrected chi connectivity index (χ1v) is 9.60. The highest BCUT2D eigenvalue weighted by atomic mass is 127. The minimum absolute atomic E-state index is 0.0547. The molecule has 102 valence electrons. The smallest absolute Gasteiger partial charge is 0.231 e. The minimum Gasteiger partial charge on any atom is -0.322 e. The van der Waals surface area contributed by atoms with Crippen molar-refractivity contribution in [3.63, 3.8) is 0 Å². The van der Waals surface area contributed by atoms with Gasteiger partial charge in [-0.15, -0.1) is 0 Å². The number of rotatable bonds is 4. The third kappa shape index (κ3) is 3.57. The van der Waals surface area contributed by atoms with Gasteiger partial charge in [-0.2, -0.15) is 4.98 Å². The molecule has 0 saturated carbocycles. The Hall–Kier alpha value is -0.870. The highest BCUT2D eigenvalue weighted by Gasteiger charge is 2.22. The lowest BCUT2D eigenvalue weighted by Gasteiger charge is -2.13. The Morgan fingerprint density at radius 3 is 2.89 bits per heavy atom. The molecule has 1 aliphatic rings. The maximum atomic E-state index is 12.0. The highest BCUT2D eigenvalue weighted by Crippen LogP contribution is 2.22. The highest BCUT2D eigenvalue weighted by molar-refractivity contribution is 14.2. The summed E-state index contributed by atoms with van der Waals surface area (Å²) in [5, 5.41) is 2.94. The van der Waals surface area contributed by atoms with Crippen LogP contribution in [-0.2, 0) is 9.84 Å². The van der Waals surface area contributed by atoms with E-state index in [1.54, 1.807) is 13.0 Å². The molecule has 6 nitrogen and oxygen atoms in total. The van der Waals surface area contributed by atoms with Crippen LogP contribution in [0.4, 0.5) is 5.95 Å². The second kappa shape index (κ2) is 6.06. The normalized spacial score (nSPS) is 15.3. The van der Waals surface area contributed by atoms with E-state index < -0.39 is 30.6 Å². The average molecular weight is 413 g/mol. The number of anilines is 1. The molecule has 0 radical (unpaired) electrons. The maximum absolute atomic E-state index is 12.0. The van der Waals surface area contributed by atoms with Crippen LogP contribution >= 0.6 is 32.3 Å². The van der Waals surface area contributed by atoms with E-state index in [2.05, 4.69) is 20.3 Å². The largest absolute Gasteiger partial charge is 0.322 e. The number of sulfone groups is 1. The van der Waals surface area contributed by atoms with Crippen LogP contribution in [0.3, 0.4) is 0 Å². The van der Waals surface area contributed by atoms with E-state index in [4.69, 9.17) is 11.6 Å². The Morgan fingerprint density at radius 1 is 1.42 bits per heavy atom. The lowest BCUT2D eigenvalue weighted by molar-refractivity contribution is 0.609. The molecule has 0 fully saturated rings. The third-order valence-corrected chi connectivity index (χ3v) is 8.39. The van der Waals surface area contributed by atoms with Gasteiger partial charge in [0.05, 0.1) is 11.4 Å². The van der Waals surface area contributed by atoms with Crippen molar-refractivity contribution < 1.29 is 8.42 Å². The number of aromatic nitrogens is 3. The summed E-state index contributed by atoms with van der Waals surface area (Å²) >= 11 is 4.98. The Bertz CT molecular complexity index is 685. The molecule has 0 unspecified atom stereocenters. The van der Waals surface area contributed by atoms with E-state index in [0.717, 1.165) is 0 Å². The molecule has 0 amide bonds. The van der Waals surface area contributed by atoms with Gasteiger partial charge in [-0.1, -0.05) is 33.7 Å². The summed E-state index contributed by atoms with van der Waals surface area (Å²) in [6.45, 7) is 1.63. The van der Waals surface area contributed by atoms with Gasteiger partial charge in [-0.3, -0.25) is 0 Å². The molecule has 1 aromatic heterocycles. The molecule has 0 bridgehead atoms. The number of nitrogens with one attached hydrogen (secondary N) is 1. The molecule has 1 aliphatic heterocycles. The standard InChI is InChI=1S/C10H10ClIN4O2S/c1-2-19(17,18)8-7(4-3-5-12-8)15-10-14-6-13-9(11)16-10/h3-6H,2H2,1H3,(H,13,14,15,16). The van der Waals surface area contributed by atoms with E-state index in [-0.39, 0.29) is 17.0 Å². The van der Waals surface area contributed by atoms with Crippen LogP contribution in [0.15, 0.2) is 28.3 Å². The van der Waals surface area contributed by atoms with Gasteiger partial charge < -0.3 is 5.32 Å². The lowest BCUT2D eigenvalue weighted by Crippen LogP contribution is -2.22. The fraction of sp³-hybridized carbons (Fsp3) is 0.200. The number of hydrogen-bond acceptors (Lipinski definition) is 6. The van der Waals surface area contributed by atoms with E-state index >= 15 is 0 Å². The molecule has 9 heteroatoms. The van der Waals surface area contributed by atoms with Crippen molar-refractivity contribution in [2.24, 2.45) is 0 Å². The topological polar surface area (TPSA) is 84.8 Å². The molecule has 2 heterocycles. The predicted molar refractivity (Wildman–Crippen MR) is 84.2 cm³/mol. The zero-order valence-electron chi connectivity index (χ0n) is 9.84. The van der Waals surface area contributed by atoms with Crippen molar-refractivity contribution in [3.8, 4) is 0 Å². The first-order valence-electron chi connectivity index (χ1n) is 5.25. The molecule has 0 atom stereocenters. The van der Waals surface area contributed by atoms with E-state index in [0.29, 0.717) is 8.54 Å². The summed E-state index contributed by atoms with van der Waals surface area (Å²) in [7, 11) is -3.22. The fourth-order valence-corrected chi connectivity index (χ4v) is 6.06. The fourth-order valence-electron chi connectivity index (χ4n) is 1.26. The molecule has 1 aromatic rings. The van der Waals surface area contributed by atoms with Gasteiger partial charge >= 0.3 is 0 Å². The summed E-state index contributed by atoms with van der Waals surface area (Å²) in [4.78, 5) is 11.4. The monoisotopic (exact) mass is 412 g/mol. The SMILES string of the molecule is CCS(=O)(=O)C1=IC=CC=C1Nc1ncnc(Cl)n1. The van der Waals surface area contributed by atoms with Gasteiger partial charge in [0.25, 0.3) is 0 Å². The van der Waals surface area contributed by atoms with Crippen molar-refractivity contribution in [1.82, 2.24) is 15.0 Å². The molecule has 0 saturated heterocycles. The van der Waals surface area contributed by atoms with Crippen molar-refractivity contribution >= 4 is 51.0 Å². The van der Waals surface area contributed by atoms with Crippen LogP contribution < -0.4 is 5.32 Å². The summed E-state index contributed by atoms with van der Waals surface area (Å²) in [6, 6.07) is 0. The summed E-state index contributed by atoms with van der Waals surface area (Å²) in [5.74, 6) is 0.307. The average Bonchev–Trinajstić information content (AvgIpc) is 2.39. The predicted octanol–water partition coefficient (Wildman–Crippen LogP) is 1.88. The molecule has 0 aromatic carbocycles. The molecular weight excluding hydrogens is 403 g/mol. The summed E-state index contributed by atoms with van der Waals surface area (Å²) in [6.07, 6.45) is 4.79. The van der Waals surface area contributed by atoms with Crippen LogP contribution in [0.1, 0.15) is 6.92 Å². The second-order valence-electron chi connectivity index (χ2n) is 3.39. The van der Waals surface area contributed by atoms with Crippen LogP contribution in [0.25, 0.3) is 0 Å². The second-order valence-corrected chi connectivity index (χ2v) is 9.09. The van der Waals surface area contributed by atoms with Crippen LogP contribution in [0.2, 0.25) is 5.28 Å². The maximum Gasteiger partial charge on any atom is 0.231 e. The molecule has 19 heavy (non-hydrogen) atoms. The van der Waals surface area contributed by atoms with Crippen molar-refractivity contribution in [2.75, 3.05) is 11.1 Å². The Morgan fingerprint density at radius 2 is 2.21 bits per heavy atom. The first kappa shape index (κ1) is 14.5. The number of allylic oxidation sites excluding steroid dienone is 2. The molecule has 0 spiro atoms. The molecule has 2 rings (SSSR count). The van der Waals surface area contributed by atoms with Gasteiger partial charge in [-0.25, -0.2) is 18.4 Å². The minimum atomic E-state index is -3.22. The van der Waals surface area contributed by atoms with Crippen molar-refractivity contribution in [1.29, 1.82) is 0 Å². The Balaban J connectivity index is 2.32. The van der Waals surface area contributed by atoms with Gasteiger partial charge in [0, 0.05) is 0 Å². The zero-order chi connectivity index (χ0) is 13.9. The molecule has 1 N–H and O–H groups in total. The van der Waals surface area contributed by atoms with Crippen molar-refractivity contribution in [3.05, 3.63) is 33.5 Å². The number of halogens is 2. The number of hydrogen-bond donors (Lipinski definition) is 1. The summed E-state index contributed by atoms with van der Waals surface area (Å²) in [5.41, 5.74) is 0.513. The Labute approximate surface area is 125 Å². The van der Waals surface area contributed by atoms with Crippen LogP contribution in [0.5, 0.6) is 0 Å². The number of nitrogens with zero attached hydrogens (tertiary/aromatic N) is 3. The van der Waals surface area contributed by atoms with E-state index in [1.807, 2.05) is 10.2 Å². The third-order valence-electron chi connectivity index (χ3n) is 2.15. The zero-order valence-corrected chi connectivity index (χ0v) is 13.6. The lowest BCUT2D eigenvalue weighted by atomic mass is 10.4. The van der Waals surface area contributed by atoms with E-state index in [9.17, 15) is 8.42 Å². The van der Waals surface area contributed by atoms with Gasteiger partial charge in [0.2, 0.25) is 11.2 Å². The van der Waals surface area contributed by atoms with Gasteiger partial charge in [-0.05, 0) is 21.8 Å². The van der Waals surface area contributed by atoms with E-state index in [1.165, 1.54) is 6.33 Å². The molecule has 0 aliphatic carbocycles. The summed E-state index contributed by atoms with van der Waals surface area (Å²) < 4.78 is 26.4. The first-order chi connectivity index (χ1) is 9.03. The molecular formula is C10H10ClIN4O2S. The van der Waals surface area contributed by atoms with Crippen LogP contribution in [-0.4, -0.2) is 32.0 Å². The Kier molecular flexibility index (Phi) is 4.63. The van der Waals surface area contributed by atoms with Gasteiger partial charge in [0.15, 0.2) is 9.84 Å². The quantitative estimate of drug-likeness (QED) is 0.760.